The Bertz CT molecular complexity index is 1150. The number of carboxylic acids is 1. The number of pyridine rings is 1. The summed E-state index contributed by atoms with van der Waals surface area (Å²) >= 11 is 0. The van der Waals surface area contributed by atoms with Crippen LogP contribution in [0.5, 0.6) is 0 Å². The lowest BCUT2D eigenvalue weighted by Gasteiger charge is -2.61. The van der Waals surface area contributed by atoms with Crippen LogP contribution in [0.25, 0.3) is 0 Å². The first kappa shape index (κ1) is 24.1. The van der Waals surface area contributed by atoms with Crippen LogP contribution < -0.4 is 5.73 Å². The van der Waals surface area contributed by atoms with Gasteiger partial charge in [-0.1, -0.05) is 26.3 Å². The zero-order valence-corrected chi connectivity index (χ0v) is 20.4. The monoisotopic (exact) mass is 483 g/mol. The number of aliphatic hydroxyl groups is 2. The molecule has 2 unspecified atom stereocenters. The maximum Gasteiger partial charge on any atom is 0.336 e. The van der Waals surface area contributed by atoms with Gasteiger partial charge < -0.3 is 21.1 Å². The molecular formula is C27H34FN3O4. The summed E-state index contributed by atoms with van der Waals surface area (Å²) in [6.07, 6.45) is 6.77. The van der Waals surface area contributed by atoms with Crippen molar-refractivity contribution in [3.05, 3.63) is 47.7 Å². The number of aliphatic imine (C=N–C) groups is 1. The average molecular weight is 484 g/mol. The number of aliphatic carboxylic acids is 1. The number of aliphatic hydroxyl groups excluding tert-OH is 1. The van der Waals surface area contributed by atoms with Crippen molar-refractivity contribution in [2.75, 3.05) is 0 Å². The summed E-state index contributed by atoms with van der Waals surface area (Å²) in [5, 5.41) is 32.6. The van der Waals surface area contributed by atoms with Crippen molar-refractivity contribution in [3.63, 3.8) is 0 Å². The van der Waals surface area contributed by atoms with Crippen LogP contribution in [0.1, 0.15) is 52.9 Å². The minimum atomic E-state index is -1.82. The lowest BCUT2D eigenvalue weighted by Crippen LogP contribution is -2.62. The molecule has 0 aromatic carbocycles. The van der Waals surface area contributed by atoms with Crippen molar-refractivity contribution in [2.24, 2.45) is 45.2 Å². The lowest BCUT2D eigenvalue weighted by molar-refractivity contribution is -0.195. The number of hydrogen-bond donors (Lipinski definition) is 4. The Kier molecular flexibility index (Phi) is 5.49. The normalized spacial score (nSPS) is 45.0. The van der Waals surface area contributed by atoms with E-state index in [1.807, 2.05) is 6.92 Å². The SMILES string of the molecule is C[C@H]1C[C@@H]2C([C@@H](O)C[C@@]3(C)C2CC[C@]3(O)C(=O)O)[C@@]2(C)CC(=CN)C(=Nc3ccc(F)nc3)C=C12. The van der Waals surface area contributed by atoms with Crippen molar-refractivity contribution < 1.29 is 24.5 Å². The summed E-state index contributed by atoms with van der Waals surface area (Å²) in [4.78, 5) is 20.5. The Morgan fingerprint density at radius 2 is 2.09 bits per heavy atom. The van der Waals surface area contributed by atoms with E-state index in [9.17, 15) is 24.5 Å². The van der Waals surface area contributed by atoms with Crippen molar-refractivity contribution in [2.45, 2.75) is 64.6 Å². The molecule has 0 bridgehead atoms. The summed E-state index contributed by atoms with van der Waals surface area (Å²) in [5.41, 5.74) is 6.29. The zero-order valence-electron chi connectivity index (χ0n) is 20.4. The second-order valence-electron chi connectivity index (χ2n) is 11.5. The third kappa shape index (κ3) is 3.33. The van der Waals surface area contributed by atoms with Crippen molar-refractivity contribution >= 4 is 17.4 Å². The summed E-state index contributed by atoms with van der Waals surface area (Å²) in [6, 6.07) is 2.85. The summed E-state index contributed by atoms with van der Waals surface area (Å²) < 4.78 is 13.3. The average Bonchev–Trinajstić information content (AvgIpc) is 3.07. The Morgan fingerprint density at radius 1 is 1.34 bits per heavy atom. The van der Waals surface area contributed by atoms with Crippen LogP contribution in [0.3, 0.4) is 0 Å². The molecule has 5 N–H and O–H groups in total. The van der Waals surface area contributed by atoms with E-state index >= 15 is 0 Å². The molecule has 0 aliphatic heterocycles. The molecule has 3 saturated carbocycles. The van der Waals surface area contributed by atoms with E-state index in [0.717, 1.165) is 17.7 Å². The quantitative estimate of drug-likeness (QED) is 0.474. The van der Waals surface area contributed by atoms with Gasteiger partial charge in [-0.15, -0.1) is 0 Å². The third-order valence-electron chi connectivity index (χ3n) is 9.85. The van der Waals surface area contributed by atoms with Crippen LogP contribution in [-0.2, 0) is 4.79 Å². The molecule has 1 aromatic rings. The molecule has 0 radical (unpaired) electrons. The van der Waals surface area contributed by atoms with Crippen LogP contribution in [-0.4, -0.2) is 43.7 Å². The molecule has 5 rings (SSSR count). The predicted molar refractivity (Wildman–Crippen MR) is 129 cm³/mol. The van der Waals surface area contributed by atoms with E-state index in [-0.39, 0.29) is 41.9 Å². The van der Waals surface area contributed by atoms with Crippen LogP contribution >= 0.6 is 0 Å². The van der Waals surface area contributed by atoms with Crippen LogP contribution in [0.15, 0.2) is 46.7 Å². The molecule has 35 heavy (non-hydrogen) atoms. The van der Waals surface area contributed by atoms with Crippen LogP contribution in [0.4, 0.5) is 10.1 Å². The fraction of sp³-hybridized carbons (Fsp3) is 0.593. The van der Waals surface area contributed by atoms with Gasteiger partial charge in [-0.3, -0.25) is 0 Å². The van der Waals surface area contributed by atoms with Crippen molar-refractivity contribution in [3.8, 4) is 0 Å². The molecular weight excluding hydrogens is 449 g/mol. The van der Waals surface area contributed by atoms with E-state index in [1.165, 1.54) is 17.8 Å². The van der Waals surface area contributed by atoms with Gasteiger partial charge in [0, 0.05) is 5.41 Å². The van der Waals surface area contributed by atoms with E-state index in [2.05, 4.69) is 24.9 Å². The number of rotatable bonds is 2. The van der Waals surface area contributed by atoms with E-state index < -0.39 is 29.0 Å². The van der Waals surface area contributed by atoms with Crippen molar-refractivity contribution in [1.82, 2.24) is 4.98 Å². The fourth-order valence-corrected chi connectivity index (χ4v) is 8.30. The molecule has 8 heteroatoms. The fourth-order valence-electron chi connectivity index (χ4n) is 8.30. The number of fused-ring (bicyclic) bond motifs is 5. The highest BCUT2D eigenvalue weighted by Crippen LogP contribution is 2.68. The highest BCUT2D eigenvalue weighted by Gasteiger charge is 2.69. The first-order chi connectivity index (χ1) is 16.4. The topological polar surface area (TPSA) is 129 Å². The largest absolute Gasteiger partial charge is 0.479 e. The Balaban J connectivity index is 1.57. The number of nitrogens with zero attached hydrogens (tertiary/aromatic N) is 2. The van der Waals surface area contributed by atoms with E-state index in [0.29, 0.717) is 18.5 Å². The van der Waals surface area contributed by atoms with E-state index in [1.54, 1.807) is 12.3 Å². The molecule has 4 aliphatic carbocycles. The first-order valence-corrected chi connectivity index (χ1v) is 12.4. The molecule has 1 heterocycles. The highest BCUT2D eigenvalue weighted by molar-refractivity contribution is 6.11. The second-order valence-corrected chi connectivity index (χ2v) is 11.5. The van der Waals surface area contributed by atoms with Crippen molar-refractivity contribution in [1.29, 1.82) is 0 Å². The number of aromatic nitrogens is 1. The molecule has 3 fully saturated rings. The van der Waals surface area contributed by atoms with E-state index in [4.69, 9.17) is 10.7 Å². The van der Waals surface area contributed by atoms with Gasteiger partial charge in [-0.2, -0.15) is 4.39 Å². The Morgan fingerprint density at radius 3 is 2.71 bits per heavy atom. The summed E-state index contributed by atoms with van der Waals surface area (Å²) in [6.45, 7) is 6.20. The zero-order chi connectivity index (χ0) is 25.3. The third-order valence-corrected chi connectivity index (χ3v) is 9.85. The number of allylic oxidation sites excluding steroid dienone is 3. The van der Waals surface area contributed by atoms with Gasteiger partial charge in [0.15, 0.2) is 5.60 Å². The molecule has 0 spiro atoms. The Labute approximate surface area is 204 Å². The minimum Gasteiger partial charge on any atom is -0.479 e. The van der Waals surface area contributed by atoms with Gasteiger partial charge in [-0.05, 0) is 91.2 Å². The maximum atomic E-state index is 13.3. The molecule has 4 aliphatic rings. The minimum absolute atomic E-state index is 0.0171. The number of hydrogen-bond acceptors (Lipinski definition) is 6. The smallest absolute Gasteiger partial charge is 0.336 e. The second kappa shape index (κ2) is 7.96. The van der Waals surface area contributed by atoms with Gasteiger partial charge in [-0.25, -0.2) is 14.8 Å². The van der Waals surface area contributed by atoms with Gasteiger partial charge in [0.1, 0.15) is 0 Å². The number of carboxylic acid groups (broad SMARTS) is 1. The molecule has 1 aromatic heterocycles. The molecule has 8 atom stereocenters. The number of carbonyl (C=O) groups is 1. The maximum absolute atomic E-state index is 13.3. The first-order valence-electron chi connectivity index (χ1n) is 12.4. The number of halogens is 1. The molecule has 0 amide bonds. The molecule has 188 valence electrons. The van der Waals surface area contributed by atoms with Crippen LogP contribution in [0, 0.1) is 40.4 Å². The molecule has 0 saturated heterocycles. The van der Waals surface area contributed by atoms with Gasteiger partial charge in [0.2, 0.25) is 5.95 Å². The highest BCUT2D eigenvalue weighted by atomic mass is 19.1. The summed E-state index contributed by atoms with van der Waals surface area (Å²) in [5.74, 6) is -1.54. The molecule has 7 nitrogen and oxygen atoms in total. The number of nitrogens with two attached hydrogens (primary N) is 1. The van der Waals surface area contributed by atoms with Crippen LogP contribution in [0.2, 0.25) is 0 Å². The Hall–Kier alpha value is -2.58. The summed E-state index contributed by atoms with van der Waals surface area (Å²) in [7, 11) is 0. The predicted octanol–water partition coefficient (Wildman–Crippen LogP) is 3.74. The van der Waals surface area contributed by atoms with Gasteiger partial charge in [0.25, 0.3) is 0 Å². The lowest BCUT2D eigenvalue weighted by atomic mass is 9.44. The van der Waals surface area contributed by atoms with Gasteiger partial charge in [0.05, 0.1) is 23.7 Å². The standard InChI is InChI=1S/C27H34FN3O4/c1-14-8-17-18-6-7-27(35,24(33)34)26(18,3)11-21(32)23(17)25(2)10-15(12-29)20(9-19(14)25)31-16-4-5-22(28)30-13-16/h4-5,9,12-14,17-18,21,23,32,35H,6-8,10-11,29H2,1-3H3,(H,33,34)/t14-,17-,18?,21-,23?,25-,26-,27-/m0/s1. The van der Waals surface area contributed by atoms with Gasteiger partial charge >= 0.3 is 5.97 Å².